The van der Waals surface area contributed by atoms with Crippen molar-refractivity contribution in [3.8, 4) is 62.4 Å². The van der Waals surface area contributed by atoms with Crippen LogP contribution >= 0.6 is 0 Å². The maximum Gasteiger partial charge on any atom is 0.573 e. The molecule has 7 rings (SSSR count). The number of hydrogen-bond donors (Lipinski definition) is 0. The van der Waals surface area contributed by atoms with E-state index in [9.17, 15) is 32.5 Å². The number of nitriles is 2. The van der Waals surface area contributed by atoms with Crippen molar-refractivity contribution >= 4 is 11.4 Å². The predicted molar refractivity (Wildman–Crippen MR) is 175 cm³/mol. The quantitative estimate of drug-likeness (QED) is 0.102. The summed E-state index contributed by atoms with van der Waals surface area (Å²) in [6.07, 6.45) is -6.49. The summed E-state index contributed by atoms with van der Waals surface area (Å²) < 4.78 is 165. The molecule has 2 aliphatic rings. The summed E-state index contributed by atoms with van der Waals surface area (Å²) in [5.74, 6) is -19.1. The topological polar surface area (TPSA) is 65.5 Å². The first-order chi connectivity index (χ1) is 26.5. The van der Waals surface area contributed by atoms with Gasteiger partial charge in [0.25, 0.3) is 11.4 Å². The van der Waals surface area contributed by atoms with Crippen molar-refractivity contribution in [3.63, 3.8) is 0 Å². The van der Waals surface area contributed by atoms with E-state index in [0.717, 1.165) is 25.1 Å². The van der Waals surface area contributed by atoms with Crippen LogP contribution in [0.25, 0.3) is 65.6 Å². The van der Waals surface area contributed by atoms with E-state index in [1.54, 1.807) is 12.1 Å². The Hall–Kier alpha value is -7.17. The van der Waals surface area contributed by atoms with Crippen LogP contribution in [0.4, 0.5) is 48.3 Å². The van der Waals surface area contributed by atoms with E-state index in [-0.39, 0.29) is 67.8 Å². The smallest absolute Gasteiger partial charge is 0.399 e. The van der Waals surface area contributed by atoms with E-state index in [4.69, 9.17) is 13.1 Å². The molecule has 0 aromatic heterocycles. The molecule has 0 saturated carbocycles. The van der Waals surface area contributed by atoms with Crippen molar-refractivity contribution in [2.45, 2.75) is 26.1 Å². The van der Waals surface area contributed by atoms with Crippen molar-refractivity contribution in [3.05, 3.63) is 144 Å². The van der Waals surface area contributed by atoms with Crippen molar-refractivity contribution < 1.29 is 53.0 Å². The zero-order valence-corrected chi connectivity index (χ0v) is 27.7. The average Bonchev–Trinajstić information content (AvgIpc) is 3.75. The number of hydrogen-bond acceptors (Lipinski definition) is 3. The highest BCUT2D eigenvalue weighted by atomic mass is 19.4. The summed E-state index contributed by atoms with van der Waals surface area (Å²) >= 11 is 0. The normalized spacial score (nSPS) is 13.4. The number of ether oxygens (including phenoxy) is 1. The zero-order chi connectivity index (χ0) is 40.7. The molecule has 2 aliphatic carbocycles. The molecule has 0 fully saturated rings. The summed E-state index contributed by atoms with van der Waals surface area (Å²) in [5.41, 5.74) is -6.88. The number of nitrogens with zero attached hydrogens (tertiary/aromatic N) is 4. The Bertz CT molecular complexity index is 2890. The second-order valence-electron chi connectivity index (χ2n) is 12.4. The average molecular weight is 775 g/mol. The SMILES string of the molecule is [C-]#[N+]/C(C#N)=c1/c2c(/c(=C(\C#N)[N+]#[C-])c3c1-c1c(cccc1-c1c(F)c(F)c(C)c(F)c1F)C3)-c1c(cccc1-c1c(F)c(F)c(OC(F)(F)F)c(F)c1F)C2. The second-order valence-corrected chi connectivity index (χ2v) is 12.4. The van der Waals surface area contributed by atoms with Gasteiger partial charge >= 0.3 is 6.36 Å². The van der Waals surface area contributed by atoms with E-state index in [2.05, 4.69) is 14.4 Å². The lowest BCUT2D eigenvalue weighted by Gasteiger charge is -2.18. The number of benzene rings is 5. The van der Waals surface area contributed by atoms with Crippen LogP contribution in [0.1, 0.15) is 27.8 Å². The zero-order valence-electron chi connectivity index (χ0n) is 27.7. The lowest BCUT2D eigenvalue weighted by atomic mass is 9.86. The summed E-state index contributed by atoms with van der Waals surface area (Å²) in [6, 6.07) is 10.7. The molecule has 0 N–H and O–H groups in total. The van der Waals surface area contributed by atoms with Crippen molar-refractivity contribution in [1.82, 2.24) is 0 Å². The lowest BCUT2D eigenvalue weighted by molar-refractivity contribution is -0.276. The van der Waals surface area contributed by atoms with E-state index >= 15 is 26.3 Å². The third kappa shape index (κ3) is 5.18. The molecule has 5 aromatic rings. The number of rotatable bonds is 3. The predicted octanol–water partition coefficient (Wildman–Crippen LogP) is 9.58. The summed E-state index contributed by atoms with van der Waals surface area (Å²) in [6.45, 7) is 16.5. The molecule has 56 heavy (non-hydrogen) atoms. The first-order valence-corrected chi connectivity index (χ1v) is 15.7. The fourth-order valence-electron chi connectivity index (χ4n) is 7.47. The molecule has 5 aromatic carbocycles. The Morgan fingerprint density at radius 2 is 0.964 bits per heavy atom. The highest BCUT2D eigenvalue weighted by molar-refractivity contribution is 6.00. The Labute approximate surface area is 307 Å². The van der Waals surface area contributed by atoms with Gasteiger partial charge in [-0.3, -0.25) is 0 Å². The summed E-state index contributed by atoms with van der Waals surface area (Å²) in [7, 11) is 0. The molecule has 0 heterocycles. The van der Waals surface area contributed by atoms with Crippen LogP contribution in [-0.2, 0) is 12.8 Å². The van der Waals surface area contributed by atoms with Crippen LogP contribution in [-0.4, -0.2) is 6.36 Å². The van der Waals surface area contributed by atoms with Crippen molar-refractivity contribution in [2.24, 2.45) is 0 Å². The molecule has 0 atom stereocenters. The molecule has 276 valence electrons. The van der Waals surface area contributed by atoms with E-state index < -0.39 is 97.9 Å². The Morgan fingerprint density at radius 1 is 0.589 bits per heavy atom. The van der Waals surface area contributed by atoms with Crippen LogP contribution in [0.3, 0.4) is 0 Å². The van der Waals surface area contributed by atoms with Gasteiger partial charge in [-0.2, -0.15) is 8.78 Å². The van der Waals surface area contributed by atoms with Gasteiger partial charge in [0.1, 0.15) is 0 Å². The minimum atomic E-state index is -5.77. The maximum atomic E-state index is 15.7. The summed E-state index contributed by atoms with van der Waals surface area (Å²) in [4.78, 5) is 6.61. The number of fused-ring (bicyclic) bond motifs is 6. The fourth-order valence-corrected chi connectivity index (χ4v) is 7.47. The first kappa shape index (κ1) is 37.2. The summed E-state index contributed by atoms with van der Waals surface area (Å²) in [5, 5.41) is 19.9. The highest BCUT2D eigenvalue weighted by Crippen LogP contribution is 2.49. The molecule has 0 bridgehead atoms. The molecular formula is C40H13F11N4O. The van der Waals surface area contributed by atoms with Gasteiger partial charge in [-0.15, -0.1) is 13.2 Å². The third-order valence-electron chi connectivity index (χ3n) is 9.61. The van der Waals surface area contributed by atoms with Crippen LogP contribution in [0.2, 0.25) is 0 Å². The monoisotopic (exact) mass is 774 g/mol. The molecule has 0 saturated heterocycles. The third-order valence-corrected chi connectivity index (χ3v) is 9.61. The molecule has 0 aliphatic heterocycles. The lowest BCUT2D eigenvalue weighted by Crippen LogP contribution is -2.26. The van der Waals surface area contributed by atoms with Gasteiger partial charge in [-0.05, 0) is 75.4 Å². The van der Waals surface area contributed by atoms with Crippen molar-refractivity contribution in [1.29, 1.82) is 10.5 Å². The molecular weight excluding hydrogens is 761 g/mol. The highest BCUT2D eigenvalue weighted by Gasteiger charge is 2.40. The molecule has 16 heteroatoms. The maximum absolute atomic E-state index is 15.7. The fraction of sp³-hybridized carbons (Fsp3) is 0.100. The Balaban J connectivity index is 1.68. The van der Waals surface area contributed by atoms with Gasteiger partial charge in [-0.25, -0.2) is 46.6 Å². The van der Waals surface area contributed by atoms with Gasteiger partial charge in [0.2, 0.25) is 17.4 Å². The van der Waals surface area contributed by atoms with Gasteiger partial charge in [-0.1, -0.05) is 36.4 Å². The molecule has 5 nitrogen and oxygen atoms in total. The number of halogens is 11. The van der Waals surface area contributed by atoms with E-state index in [1.165, 1.54) is 18.2 Å². The van der Waals surface area contributed by atoms with E-state index in [1.807, 2.05) is 0 Å². The standard InChI is InChI=1S/C40H13F11N4O/c1-14-31(41)33(43)29(34(44)32(14)42)17-8-4-6-15-10-19-26(22(13-53)55-3)28-20(25(21(12-52)54-2)27(19)23(15)17)11-16-7-5-9-18(24(16)28)30-35(45)37(47)39(38(48)36(30)46)56-40(49,50)51/h4-9H,10-11H2,1H3/b25-21-,26-22+. The number of alkyl halides is 3. The largest absolute Gasteiger partial charge is 0.573 e. The van der Waals surface area contributed by atoms with Crippen molar-refractivity contribution in [2.75, 3.05) is 0 Å². The van der Waals surface area contributed by atoms with Gasteiger partial charge in [0, 0.05) is 16.0 Å². The second kappa shape index (κ2) is 13.0. The minimum Gasteiger partial charge on any atom is -0.399 e. The molecule has 0 amide bonds. The van der Waals surface area contributed by atoms with Gasteiger partial charge in [0.15, 0.2) is 34.9 Å². The first-order valence-electron chi connectivity index (χ1n) is 15.7. The Morgan fingerprint density at radius 3 is 1.30 bits per heavy atom. The molecule has 0 unspecified atom stereocenters. The van der Waals surface area contributed by atoms with Gasteiger partial charge in [0.05, 0.1) is 36.4 Å². The minimum absolute atomic E-state index is 0.0612. The van der Waals surface area contributed by atoms with E-state index in [0.29, 0.717) is 0 Å². The van der Waals surface area contributed by atoms with Crippen LogP contribution < -0.4 is 15.2 Å². The molecule has 0 spiro atoms. The van der Waals surface area contributed by atoms with Crippen LogP contribution in [0.15, 0.2) is 36.4 Å². The molecule has 0 radical (unpaired) electrons. The Kier molecular flexibility index (Phi) is 8.63. The van der Waals surface area contributed by atoms with Crippen LogP contribution in [0, 0.1) is 89.3 Å². The van der Waals surface area contributed by atoms with Gasteiger partial charge < -0.3 is 4.74 Å². The van der Waals surface area contributed by atoms with Crippen LogP contribution in [0.5, 0.6) is 5.75 Å².